The van der Waals surface area contributed by atoms with Crippen LogP contribution in [-0.2, 0) is 0 Å². The maximum Gasteiger partial charge on any atom is 0.163 e. The van der Waals surface area contributed by atoms with Gasteiger partial charge < -0.3 is 14.8 Å². The molecule has 5 nitrogen and oxygen atoms in total. The number of anilines is 1. The van der Waals surface area contributed by atoms with E-state index in [4.69, 9.17) is 9.47 Å². The molecule has 1 aliphatic heterocycles. The highest BCUT2D eigenvalue weighted by molar-refractivity contribution is 7.11. The van der Waals surface area contributed by atoms with Crippen LogP contribution in [0.15, 0.2) is 54.0 Å². The molecule has 1 aliphatic rings. The topological polar surface area (TPSA) is 67.2 Å². The predicted molar refractivity (Wildman–Crippen MR) is 107 cm³/mol. The quantitative estimate of drug-likeness (QED) is 0.659. The molecule has 0 amide bonds. The lowest BCUT2D eigenvalue weighted by Crippen LogP contribution is -2.15. The Morgan fingerprint density at radius 2 is 1.93 bits per heavy atom. The van der Waals surface area contributed by atoms with Gasteiger partial charge in [0.15, 0.2) is 11.5 Å². The molecule has 6 heteroatoms. The van der Waals surface area contributed by atoms with Crippen LogP contribution in [-0.4, -0.2) is 18.2 Å². The van der Waals surface area contributed by atoms with Crippen molar-refractivity contribution in [3.05, 3.63) is 64.6 Å². The van der Waals surface area contributed by atoms with Crippen LogP contribution in [0.1, 0.15) is 10.6 Å². The first-order chi connectivity index (χ1) is 13.2. The maximum absolute atomic E-state index is 9.53. The molecule has 1 N–H and O–H groups in total. The van der Waals surface area contributed by atoms with Gasteiger partial charge in [0.25, 0.3) is 0 Å². The molecule has 27 heavy (non-hydrogen) atoms. The van der Waals surface area contributed by atoms with Crippen molar-refractivity contribution in [2.24, 2.45) is 0 Å². The van der Waals surface area contributed by atoms with Crippen LogP contribution < -0.4 is 14.8 Å². The fourth-order valence-electron chi connectivity index (χ4n) is 2.68. The lowest BCUT2D eigenvalue weighted by atomic mass is 10.1. The van der Waals surface area contributed by atoms with E-state index in [1.54, 1.807) is 6.20 Å². The number of nitrogens with zero attached hydrogens (tertiary/aromatic N) is 2. The van der Waals surface area contributed by atoms with Gasteiger partial charge in [-0.25, -0.2) is 4.98 Å². The molecule has 2 heterocycles. The highest BCUT2D eigenvalue weighted by Crippen LogP contribution is 2.33. The first-order valence-corrected chi connectivity index (χ1v) is 9.40. The summed E-state index contributed by atoms with van der Waals surface area (Å²) in [5.41, 5.74) is 4.42. The molecule has 0 fully saturated rings. The summed E-state index contributed by atoms with van der Waals surface area (Å²) in [5, 5.41) is 15.3. The first kappa shape index (κ1) is 17.1. The Hall–Kier alpha value is -3.30. The number of thiazole rings is 1. The van der Waals surface area contributed by atoms with Crippen LogP contribution >= 0.6 is 11.3 Å². The van der Waals surface area contributed by atoms with E-state index < -0.39 is 0 Å². The molecule has 1 aromatic heterocycles. The largest absolute Gasteiger partial charge is 0.486 e. The van der Waals surface area contributed by atoms with Crippen molar-refractivity contribution in [1.82, 2.24) is 4.98 Å². The van der Waals surface area contributed by atoms with Gasteiger partial charge >= 0.3 is 0 Å². The molecule has 0 atom stereocenters. The zero-order valence-electron chi connectivity index (χ0n) is 14.7. The average molecular weight is 375 g/mol. The van der Waals surface area contributed by atoms with Crippen molar-refractivity contribution in [3.8, 4) is 28.8 Å². The number of benzene rings is 2. The first-order valence-electron chi connectivity index (χ1n) is 8.52. The SMILES string of the molecule is Cc1ccc(-c2csc(C(C#N)=CNc3ccc4c(c3)OCCO4)n2)cc1. The number of nitrogens with one attached hydrogen (secondary N) is 1. The van der Waals surface area contributed by atoms with Gasteiger partial charge in [-0.05, 0) is 19.1 Å². The van der Waals surface area contributed by atoms with Crippen LogP contribution in [0.5, 0.6) is 11.5 Å². The number of hydrogen-bond donors (Lipinski definition) is 1. The lowest BCUT2D eigenvalue weighted by molar-refractivity contribution is 0.171. The molecule has 0 saturated heterocycles. The van der Waals surface area contributed by atoms with E-state index in [0.29, 0.717) is 29.5 Å². The monoisotopic (exact) mass is 375 g/mol. The number of hydrogen-bond acceptors (Lipinski definition) is 6. The van der Waals surface area contributed by atoms with E-state index in [-0.39, 0.29) is 0 Å². The van der Waals surface area contributed by atoms with E-state index in [0.717, 1.165) is 22.7 Å². The summed E-state index contributed by atoms with van der Waals surface area (Å²) in [5.74, 6) is 1.44. The molecule has 3 aromatic rings. The van der Waals surface area contributed by atoms with Crippen molar-refractivity contribution < 1.29 is 9.47 Å². The Labute approximate surface area is 161 Å². The number of allylic oxidation sites excluding steroid dienone is 1. The van der Waals surface area contributed by atoms with Crippen LogP contribution in [0.2, 0.25) is 0 Å². The number of fused-ring (bicyclic) bond motifs is 1. The number of aryl methyl sites for hydroxylation is 1. The van der Waals surface area contributed by atoms with Gasteiger partial charge in [-0.15, -0.1) is 11.3 Å². The normalized spacial score (nSPS) is 13.1. The standard InChI is InChI=1S/C21H17N3O2S/c1-14-2-4-15(5-3-14)18-13-27-21(24-18)16(11-22)12-23-17-6-7-19-20(10-17)26-9-8-25-19/h2-7,10,12-13,23H,8-9H2,1H3. The lowest BCUT2D eigenvalue weighted by Gasteiger charge is -2.18. The molecule has 0 unspecified atom stereocenters. The number of aromatic nitrogens is 1. The second-order valence-corrected chi connectivity index (χ2v) is 6.93. The van der Waals surface area contributed by atoms with Gasteiger partial charge in [-0.2, -0.15) is 5.26 Å². The zero-order valence-corrected chi connectivity index (χ0v) is 15.5. The average Bonchev–Trinajstić information content (AvgIpc) is 3.19. The van der Waals surface area contributed by atoms with Crippen LogP contribution in [0.4, 0.5) is 5.69 Å². The highest BCUT2D eigenvalue weighted by Gasteiger charge is 2.12. The molecule has 134 valence electrons. The van der Waals surface area contributed by atoms with E-state index in [1.807, 2.05) is 35.7 Å². The molecular weight excluding hydrogens is 358 g/mol. The summed E-state index contributed by atoms with van der Waals surface area (Å²) in [7, 11) is 0. The van der Waals surface area contributed by atoms with Crippen LogP contribution in [0, 0.1) is 18.3 Å². The van der Waals surface area contributed by atoms with E-state index >= 15 is 0 Å². The minimum Gasteiger partial charge on any atom is -0.486 e. The second-order valence-electron chi connectivity index (χ2n) is 6.08. The molecule has 0 aliphatic carbocycles. The molecule has 2 aromatic carbocycles. The molecule has 0 saturated carbocycles. The summed E-state index contributed by atoms with van der Waals surface area (Å²) < 4.78 is 11.1. The minimum atomic E-state index is 0.480. The minimum absolute atomic E-state index is 0.480. The Morgan fingerprint density at radius 3 is 2.70 bits per heavy atom. The van der Waals surface area contributed by atoms with Crippen molar-refractivity contribution in [2.45, 2.75) is 6.92 Å². The number of ether oxygens (including phenoxy) is 2. The van der Waals surface area contributed by atoms with Crippen molar-refractivity contribution in [3.63, 3.8) is 0 Å². The summed E-state index contributed by atoms with van der Waals surface area (Å²) in [6, 6.07) is 16.0. The summed E-state index contributed by atoms with van der Waals surface area (Å²) in [6.07, 6.45) is 1.67. The molecule has 0 radical (unpaired) electrons. The van der Waals surface area contributed by atoms with Crippen molar-refractivity contribution in [2.75, 3.05) is 18.5 Å². The van der Waals surface area contributed by atoms with E-state index in [1.165, 1.54) is 16.9 Å². The third-order valence-electron chi connectivity index (χ3n) is 4.13. The third-order valence-corrected chi connectivity index (χ3v) is 5.00. The molecule has 0 bridgehead atoms. The fraction of sp³-hybridized carbons (Fsp3) is 0.143. The Balaban J connectivity index is 1.54. The third kappa shape index (κ3) is 3.78. The van der Waals surface area contributed by atoms with E-state index in [9.17, 15) is 5.26 Å². The zero-order chi connectivity index (χ0) is 18.6. The predicted octanol–water partition coefficient (Wildman–Crippen LogP) is 4.87. The summed E-state index contributed by atoms with van der Waals surface area (Å²) >= 11 is 1.45. The highest BCUT2D eigenvalue weighted by atomic mass is 32.1. The van der Waals surface area contributed by atoms with E-state index in [2.05, 4.69) is 35.4 Å². The maximum atomic E-state index is 9.53. The summed E-state index contributed by atoms with van der Waals surface area (Å²) in [6.45, 7) is 3.15. The molecule has 4 rings (SSSR count). The van der Waals surface area contributed by atoms with Crippen molar-refractivity contribution >= 4 is 22.6 Å². The Kier molecular flexibility index (Phi) is 4.77. The van der Waals surface area contributed by atoms with Crippen molar-refractivity contribution in [1.29, 1.82) is 5.26 Å². The van der Waals surface area contributed by atoms with Gasteiger partial charge in [0.2, 0.25) is 0 Å². The van der Waals surface area contributed by atoms with Gasteiger partial charge in [0.05, 0.1) is 5.69 Å². The number of nitriles is 1. The van der Waals surface area contributed by atoms with Gasteiger partial charge in [-0.1, -0.05) is 29.8 Å². The van der Waals surface area contributed by atoms with Gasteiger partial charge in [-0.3, -0.25) is 0 Å². The summed E-state index contributed by atoms with van der Waals surface area (Å²) in [4.78, 5) is 4.61. The van der Waals surface area contributed by atoms with Crippen LogP contribution in [0.25, 0.3) is 16.8 Å². The fourth-order valence-corrected chi connectivity index (χ4v) is 3.48. The second kappa shape index (κ2) is 7.52. The molecular formula is C21H17N3O2S. The molecule has 0 spiro atoms. The van der Waals surface area contributed by atoms with Crippen LogP contribution in [0.3, 0.4) is 0 Å². The Bertz CT molecular complexity index is 1030. The smallest absolute Gasteiger partial charge is 0.163 e. The van der Waals surface area contributed by atoms with Gasteiger partial charge in [0.1, 0.15) is 29.9 Å². The number of rotatable bonds is 4. The Morgan fingerprint density at radius 1 is 1.15 bits per heavy atom. The van der Waals surface area contributed by atoms with Gasteiger partial charge in [0, 0.05) is 28.9 Å².